The van der Waals surface area contributed by atoms with Crippen LogP contribution < -0.4 is 0 Å². The first kappa shape index (κ1) is 10.6. The van der Waals surface area contributed by atoms with Gasteiger partial charge in [-0.1, -0.05) is 6.07 Å². The third-order valence-corrected chi connectivity index (χ3v) is 2.16. The van der Waals surface area contributed by atoms with Crippen molar-refractivity contribution in [3.8, 4) is 0 Å². The summed E-state index contributed by atoms with van der Waals surface area (Å²) in [5, 5.41) is 9.84. The molecule has 0 bridgehead atoms. The third kappa shape index (κ3) is 2.04. The molecule has 0 spiro atoms. The lowest BCUT2D eigenvalue weighted by Gasteiger charge is -2.10. The second-order valence-corrected chi connectivity index (χ2v) is 3.25. The summed E-state index contributed by atoms with van der Waals surface area (Å²) in [5.74, 6) is -1.94. The van der Waals surface area contributed by atoms with E-state index in [-0.39, 0.29) is 5.56 Å². The molecule has 5 heteroatoms. The molecule has 0 radical (unpaired) electrons. The highest BCUT2D eigenvalue weighted by Gasteiger charge is 2.13. The zero-order valence-corrected chi connectivity index (χ0v) is 8.14. The van der Waals surface area contributed by atoms with Gasteiger partial charge < -0.3 is 5.11 Å². The van der Waals surface area contributed by atoms with Crippen LogP contribution in [0.15, 0.2) is 36.9 Å². The summed E-state index contributed by atoms with van der Waals surface area (Å²) in [6.07, 6.45) is 3.09. The molecule has 0 aliphatic heterocycles. The van der Waals surface area contributed by atoms with Gasteiger partial charge in [-0.3, -0.25) is 0 Å². The van der Waals surface area contributed by atoms with Gasteiger partial charge in [-0.15, -0.1) is 0 Å². The van der Waals surface area contributed by atoms with Crippen molar-refractivity contribution < 1.29 is 13.9 Å². The van der Waals surface area contributed by atoms with Crippen molar-refractivity contribution in [1.29, 1.82) is 0 Å². The molecule has 0 aliphatic carbocycles. The minimum absolute atomic E-state index is 0.258. The Morgan fingerprint density at radius 3 is 2.31 bits per heavy atom. The lowest BCUT2D eigenvalue weighted by molar-refractivity contribution is 0.218. The van der Waals surface area contributed by atoms with Crippen LogP contribution in [0, 0.1) is 11.6 Å². The van der Waals surface area contributed by atoms with Crippen molar-refractivity contribution in [1.82, 2.24) is 9.97 Å². The Kier molecular flexibility index (Phi) is 2.87. The van der Waals surface area contributed by atoms with Gasteiger partial charge in [0.2, 0.25) is 0 Å². The molecule has 2 rings (SSSR count). The standard InChI is InChI=1S/C11H8F2N2O/c12-9-2-1-7(3-10(9)13)11(16)8-4-14-6-15-5-8/h1-6,11,16H. The summed E-state index contributed by atoms with van der Waals surface area (Å²) < 4.78 is 25.6. The SMILES string of the molecule is OC(c1cncnc1)c1ccc(F)c(F)c1. The van der Waals surface area contributed by atoms with E-state index < -0.39 is 17.7 Å². The van der Waals surface area contributed by atoms with Crippen LogP contribution in [-0.4, -0.2) is 15.1 Å². The van der Waals surface area contributed by atoms with Crippen LogP contribution in [0.1, 0.15) is 17.2 Å². The van der Waals surface area contributed by atoms with Gasteiger partial charge in [0.05, 0.1) is 0 Å². The molecule has 2 aromatic rings. The zero-order chi connectivity index (χ0) is 11.5. The largest absolute Gasteiger partial charge is 0.384 e. The van der Waals surface area contributed by atoms with Gasteiger partial charge in [-0.25, -0.2) is 18.7 Å². The van der Waals surface area contributed by atoms with Gasteiger partial charge in [0, 0.05) is 18.0 Å². The molecule has 3 nitrogen and oxygen atoms in total. The van der Waals surface area contributed by atoms with Crippen molar-refractivity contribution in [3.63, 3.8) is 0 Å². The van der Waals surface area contributed by atoms with E-state index in [1.54, 1.807) is 0 Å². The molecule has 82 valence electrons. The average Bonchev–Trinajstić information content (AvgIpc) is 2.33. The van der Waals surface area contributed by atoms with E-state index in [9.17, 15) is 13.9 Å². The highest BCUT2D eigenvalue weighted by atomic mass is 19.2. The highest BCUT2D eigenvalue weighted by Crippen LogP contribution is 2.21. The van der Waals surface area contributed by atoms with Gasteiger partial charge in [0.25, 0.3) is 0 Å². The molecule has 0 saturated heterocycles. The number of aromatic nitrogens is 2. The summed E-state index contributed by atoms with van der Waals surface area (Å²) in [4.78, 5) is 7.46. The van der Waals surface area contributed by atoms with Crippen molar-refractivity contribution in [2.24, 2.45) is 0 Å². The Bertz CT molecular complexity index is 491. The van der Waals surface area contributed by atoms with Crippen molar-refractivity contribution >= 4 is 0 Å². The van der Waals surface area contributed by atoms with Crippen LogP contribution in [-0.2, 0) is 0 Å². The average molecular weight is 222 g/mol. The Labute approximate surface area is 90.4 Å². The summed E-state index contributed by atoms with van der Waals surface area (Å²) in [5.41, 5.74) is 0.683. The van der Waals surface area contributed by atoms with Gasteiger partial charge >= 0.3 is 0 Å². The molecule has 0 aliphatic rings. The molecule has 0 saturated carbocycles. The molecule has 1 N–H and O–H groups in total. The second-order valence-electron chi connectivity index (χ2n) is 3.25. The van der Waals surface area contributed by atoms with Gasteiger partial charge in [-0.05, 0) is 17.7 Å². The van der Waals surface area contributed by atoms with Gasteiger partial charge in [0.15, 0.2) is 11.6 Å². The van der Waals surface area contributed by atoms with Crippen LogP contribution >= 0.6 is 0 Å². The normalized spacial score (nSPS) is 12.4. The minimum atomic E-state index is -1.06. The van der Waals surface area contributed by atoms with E-state index in [1.165, 1.54) is 24.8 Å². The number of hydrogen-bond donors (Lipinski definition) is 1. The summed E-state index contributed by atoms with van der Waals surface area (Å²) >= 11 is 0. The van der Waals surface area contributed by atoms with Crippen LogP contribution in [0.4, 0.5) is 8.78 Å². The lowest BCUT2D eigenvalue weighted by atomic mass is 10.0. The van der Waals surface area contributed by atoms with Crippen molar-refractivity contribution in [2.75, 3.05) is 0 Å². The molecular formula is C11H8F2N2O. The van der Waals surface area contributed by atoms with Crippen LogP contribution in [0.3, 0.4) is 0 Å². The van der Waals surface area contributed by atoms with Crippen LogP contribution in [0.5, 0.6) is 0 Å². The highest BCUT2D eigenvalue weighted by molar-refractivity contribution is 5.27. The molecule has 1 unspecified atom stereocenters. The van der Waals surface area contributed by atoms with Crippen molar-refractivity contribution in [2.45, 2.75) is 6.10 Å². The molecule has 0 fully saturated rings. The number of halogens is 2. The predicted octanol–water partition coefficient (Wildman–Crippen LogP) is 1.84. The van der Waals surface area contributed by atoms with Crippen molar-refractivity contribution in [3.05, 3.63) is 59.7 Å². The Balaban J connectivity index is 2.34. The molecule has 1 aromatic heterocycles. The Hall–Kier alpha value is -1.88. The quantitative estimate of drug-likeness (QED) is 0.843. The number of nitrogens with zero attached hydrogens (tertiary/aromatic N) is 2. The number of benzene rings is 1. The first-order valence-electron chi connectivity index (χ1n) is 4.56. The summed E-state index contributed by atoms with van der Waals surface area (Å²) in [6.45, 7) is 0. The monoisotopic (exact) mass is 222 g/mol. The van der Waals surface area contributed by atoms with E-state index >= 15 is 0 Å². The van der Waals surface area contributed by atoms with E-state index in [0.29, 0.717) is 5.56 Å². The molecule has 1 heterocycles. The maximum atomic E-state index is 12.9. The van der Waals surface area contributed by atoms with Crippen LogP contribution in [0.25, 0.3) is 0 Å². The second kappa shape index (κ2) is 4.32. The number of hydrogen-bond acceptors (Lipinski definition) is 3. The topological polar surface area (TPSA) is 46.0 Å². The molecule has 1 aromatic carbocycles. The van der Waals surface area contributed by atoms with Gasteiger partial charge in [-0.2, -0.15) is 0 Å². The fourth-order valence-corrected chi connectivity index (χ4v) is 1.33. The maximum absolute atomic E-state index is 12.9. The molecule has 1 atom stereocenters. The number of rotatable bonds is 2. The third-order valence-electron chi connectivity index (χ3n) is 2.16. The molecular weight excluding hydrogens is 214 g/mol. The van der Waals surface area contributed by atoms with Gasteiger partial charge in [0.1, 0.15) is 12.4 Å². The van der Waals surface area contributed by atoms with E-state index in [2.05, 4.69) is 9.97 Å². The van der Waals surface area contributed by atoms with Crippen LogP contribution in [0.2, 0.25) is 0 Å². The van der Waals surface area contributed by atoms with E-state index in [4.69, 9.17) is 0 Å². The number of aliphatic hydroxyl groups is 1. The first-order chi connectivity index (χ1) is 7.68. The fraction of sp³-hybridized carbons (Fsp3) is 0.0909. The van der Waals surface area contributed by atoms with E-state index in [0.717, 1.165) is 12.1 Å². The zero-order valence-electron chi connectivity index (χ0n) is 8.14. The number of aliphatic hydroxyl groups excluding tert-OH is 1. The molecule has 16 heavy (non-hydrogen) atoms. The fourth-order valence-electron chi connectivity index (χ4n) is 1.33. The smallest absolute Gasteiger partial charge is 0.159 e. The summed E-state index contributed by atoms with van der Waals surface area (Å²) in [6, 6.07) is 3.24. The Morgan fingerprint density at radius 1 is 1.00 bits per heavy atom. The maximum Gasteiger partial charge on any atom is 0.159 e. The lowest BCUT2D eigenvalue weighted by Crippen LogP contribution is -2.02. The minimum Gasteiger partial charge on any atom is -0.384 e. The first-order valence-corrected chi connectivity index (χ1v) is 4.56. The Morgan fingerprint density at radius 2 is 1.69 bits per heavy atom. The summed E-state index contributed by atoms with van der Waals surface area (Å²) in [7, 11) is 0. The molecule has 0 amide bonds. The predicted molar refractivity (Wildman–Crippen MR) is 52.5 cm³/mol. The van der Waals surface area contributed by atoms with E-state index in [1.807, 2.05) is 0 Å².